The molecule has 27 heavy (non-hydrogen) atoms. The van der Waals surface area contributed by atoms with Crippen LogP contribution in [0.4, 0.5) is 5.69 Å². The lowest BCUT2D eigenvalue weighted by Gasteiger charge is -2.30. The minimum absolute atomic E-state index is 0.0687. The van der Waals surface area contributed by atoms with E-state index in [1.165, 1.54) is 22.0 Å². The number of aromatic nitrogens is 1. The van der Waals surface area contributed by atoms with E-state index in [1.54, 1.807) is 0 Å². The maximum absolute atomic E-state index is 5.09. The third-order valence-corrected chi connectivity index (χ3v) is 6.68. The Hall–Kier alpha value is -2.01. The predicted molar refractivity (Wildman–Crippen MR) is 116 cm³/mol. The van der Waals surface area contributed by atoms with Crippen molar-refractivity contribution < 1.29 is 0 Å². The number of fused-ring (bicyclic) bond motifs is 1. The van der Waals surface area contributed by atoms with E-state index in [9.17, 15) is 0 Å². The Labute approximate surface area is 166 Å². The van der Waals surface area contributed by atoms with Crippen molar-refractivity contribution in [2.45, 2.75) is 45.0 Å². The van der Waals surface area contributed by atoms with Crippen molar-refractivity contribution in [3.63, 3.8) is 0 Å². The highest BCUT2D eigenvalue weighted by molar-refractivity contribution is 8.14. The number of benzene rings is 1. The second-order valence-corrected chi connectivity index (χ2v) is 8.76. The molecular formula is C22H28N4S. The van der Waals surface area contributed by atoms with Crippen LogP contribution in [-0.4, -0.2) is 39.9 Å². The lowest BCUT2D eigenvalue weighted by atomic mass is 9.92. The molecule has 1 aromatic carbocycles. The largest absolute Gasteiger partial charge is 0.372 e. The van der Waals surface area contributed by atoms with Gasteiger partial charge < -0.3 is 9.80 Å². The quantitative estimate of drug-likeness (QED) is 0.744. The lowest BCUT2D eigenvalue weighted by molar-refractivity contribution is 0.320. The zero-order valence-electron chi connectivity index (χ0n) is 16.6. The highest BCUT2D eigenvalue weighted by Crippen LogP contribution is 2.48. The van der Waals surface area contributed by atoms with Crippen molar-refractivity contribution in [2.75, 3.05) is 24.5 Å². The average molecular weight is 381 g/mol. The van der Waals surface area contributed by atoms with Gasteiger partial charge in [0, 0.05) is 36.8 Å². The zero-order valence-corrected chi connectivity index (χ0v) is 17.4. The fourth-order valence-corrected chi connectivity index (χ4v) is 5.32. The maximum atomic E-state index is 5.09. The molecule has 1 aromatic heterocycles. The van der Waals surface area contributed by atoms with Gasteiger partial charge in [0.05, 0.1) is 11.7 Å². The Morgan fingerprint density at radius 3 is 2.67 bits per heavy atom. The number of hydrogen-bond acceptors (Lipinski definition) is 5. The number of aryl methyl sites for hydroxylation is 1. The SMILES string of the molecule is CCN(CC)c1ccc([C@H]2[C@@H](c3ccccn3)N=C3S[C@@H](C)CN32)c(C)c1. The Balaban J connectivity index is 1.74. The van der Waals surface area contributed by atoms with Gasteiger partial charge in [0.25, 0.3) is 0 Å². The molecule has 0 aliphatic carbocycles. The molecule has 142 valence electrons. The summed E-state index contributed by atoms with van der Waals surface area (Å²) in [4.78, 5) is 14.6. The third kappa shape index (κ3) is 3.33. The van der Waals surface area contributed by atoms with E-state index in [4.69, 9.17) is 4.99 Å². The highest BCUT2D eigenvalue weighted by atomic mass is 32.2. The molecule has 0 N–H and O–H groups in total. The molecule has 0 amide bonds. The first-order chi connectivity index (χ1) is 13.1. The summed E-state index contributed by atoms with van der Waals surface area (Å²) in [7, 11) is 0. The van der Waals surface area contributed by atoms with Crippen LogP contribution in [0.3, 0.4) is 0 Å². The summed E-state index contributed by atoms with van der Waals surface area (Å²) >= 11 is 1.89. The summed E-state index contributed by atoms with van der Waals surface area (Å²) < 4.78 is 0. The first-order valence-corrected chi connectivity index (χ1v) is 10.8. The Morgan fingerprint density at radius 1 is 1.19 bits per heavy atom. The molecule has 3 atom stereocenters. The predicted octanol–water partition coefficient (Wildman–Crippen LogP) is 4.83. The summed E-state index contributed by atoms with van der Waals surface area (Å²) in [6.07, 6.45) is 1.88. The standard InChI is InChI=1S/C22H28N4S/c1-5-25(6-2)17-10-11-18(15(3)13-17)21-20(19-9-7-8-12-23-19)24-22-26(21)14-16(4)27-22/h7-13,16,20-21H,5-6,14H2,1-4H3/t16-,20+,21-/m0/s1. The molecule has 0 spiro atoms. The number of aliphatic imine (C=N–C) groups is 1. The summed E-state index contributed by atoms with van der Waals surface area (Å²) in [6.45, 7) is 12.1. The summed E-state index contributed by atoms with van der Waals surface area (Å²) in [5.74, 6) is 0. The van der Waals surface area contributed by atoms with Gasteiger partial charge in [-0.05, 0) is 56.2 Å². The smallest absolute Gasteiger partial charge is 0.160 e. The van der Waals surface area contributed by atoms with Gasteiger partial charge in [0.15, 0.2) is 5.17 Å². The van der Waals surface area contributed by atoms with Crippen LogP contribution in [0.15, 0.2) is 47.6 Å². The van der Waals surface area contributed by atoms with Crippen LogP contribution in [-0.2, 0) is 0 Å². The van der Waals surface area contributed by atoms with Crippen molar-refractivity contribution in [3.05, 3.63) is 59.4 Å². The minimum Gasteiger partial charge on any atom is -0.372 e. The van der Waals surface area contributed by atoms with Gasteiger partial charge in [0.1, 0.15) is 6.04 Å². The van der Waals surface area contributed by atoms with E-state index in [2.05, 4.69) is 72.8 Å². The van der Waals surface area contributed by atoms with Gasteiger partial charge in [-0.3, -0.25) is 9.98 Å². The zero-order chi connectivity index (χ0) is 19.0. The van der Waals surface area contributed by atoms with E-state index in [0.717, 1.165) is 25.3 Å². The first kappa shape index (κ1) is 18.4. The van der Waals surface area contributed by atoms with Gasteiger partial charge >= 0.3 is 0 Å². The number of rotatable bonds is 5. The molecule has 3 heterocycles. The highest BCUT2D eigenvalue weighted by Gasteiger charge is 2.43. The molecule has 4 rings (SSSR count). The number of anilines is 1. The molecule has 0 radical (unpaired) electrons. The second-order valence-electron chi connectivity index (χ2n) is 7.35. The van der Waals surface area contributed by atoms with Crippen LogP contribution in [0.25, 0.3) is 0 Å². The lowest BCUT2D eigenvalue weighted by Crippen LogP contribution is -2.29. The van der Waals surface area contributed by atoms with Gasteiger partial charge in [-0.15, -0.1) is 0 Å². The van der Waals surface area contributed by atoms with Crippen molar-refractivity contribution in [3.8, 4) is 0 Å². The molecule has 1 fully saturated rings. The van der Waals surface area contributed by atoms with E-state index in [0.29, 0.717) is 5.25 Å². The summed E-state index contributed by atoms with van der Waals surface area (Å²) in [5, 5.41) is 1.77. The molecule has 0 bridgehead atoms. The fraction of sp³-hybridized carbons (Fsp3) is 0.455. The summed E-state index contributed by atoms with van der Waals surface area (Å²) in [6, 6.07) is 13.4. The van der Waals surface area contributed by atoms with Crippen molar-refractivity contribution >= 4 is 22.6 Å². The molecule has 2 aromatic rings. The summed E-state index contributed by atoms with van der Waals surface area (Å²) in [5.41, 5.74) is 5.07. The Morgan fingerprint density at radius 2 is 2.00 bits per heavy atom. The number of hydrogen-bond donors (Lipinski definition) is 0. The van der Waals surface area contributed by atoms with Crippen molar-refractivity contribution in [1.29, 1.82) is 0 Å². The third-order valence-electron chi connectivity index (χ3n) is 5.58. The van der Waals surface area contributed by atoms with Gasteiger partial charge in [-0.1, -0.05) is 30.8 Å². The van der Waals surface area contributed by atoms with E-state index in [1.807, 2.05) is 24.0 Å². The van der Waals surface area contributed by atoms with E-state index < -0.39 is 0 Å². The Kier molecular flexibility index (Phi) is 5.13. The van der Waals surface area contributed by atoms with Gasteiger partial charge in [0.2, 0.25) is 0 Å². The van der Waals surface area contributed by atoms with Crippen molar-refractivity contribution in [1.82, 2.24) is 9.88 Å². The molecule has 0 unspecified atom stereocenters. The van der Waals surface area contributed by atoms with Gasteiger partial charge in [-0.2, -0.15) is 0 Å². The molecule has 2 aliphatic heterocycles. The number of thioether (sulfide) groups is 1. The number of amidine groups is 1. The molecule has 4 nitrogen and oxygen atoms in total. The molecule has 5 heteroatoms. The normalized spacial score (nSPS) is 24.1. The fourth-order valence-electron chi connectivity index (χ4n) is 4.23. The van der Waals surface area contributed by atoms with Gasteiger partial charge in [-0.25, -0.2) is 0 Å². The van der Waals surface area contributed by atoms with E-state index in [-0.39, 0.29) is 12.1 Å². The van der Waals surface area contributed by atoms with Crippen LogP contribution in [0.2, 0.25) is 0 Å². The van der Waals surface area contributed by atoms with Crippen LogP contribution in [0.5, 0.6) is 0 Å². The number of nitrogens with zero attached hydrogens (tertiary/aromatic N) is 4. The molecule has 1 saturated heterocycles. The van der Waals surface area contributed by atoms with E-state index >= 15 is 0 Å². The molecular weight excluding hydrogens is 352 g/mol. The molecule has 2 aliphatic rings. The first-order valence-electron chi connectivity index (χ1n) is 9.89. The maximum Gasteiger partial charge on any atom is 0.160 e. The van der Waals surface area contributed by atoms with Crippen LogP contribution < -0.4 is 4.90 Å². The van der Waals surface area contributed by atoms with Crippen LogP contribution >= 0.6 is 11.8 Å². The molecule has 0 saturated carbocycles. The second kappa shape index (κ2) is 7.55. The average Bonchev–Trinajstić information content (AvgIpc) is 3.20. The van der Waals surface area contributed by atoms with Crippen LogP contribution in [0.1, 0.15) is 49.7 Å². The topological polar surface area (TPSA) is 31.7 Å². The Bertz CT molecular complexity index is 831. The minimum atomic E-state index is 0.0687. The van der Waals surface area contributed by atoms with Crippen LogP contribution in [0, 0.1) is 6.92 Å². The number of pyridine rings is 1. The van der Waals surface area contributed by atoms with Crippen molar-refractivity contribution in [2.24, 2.45) is 4.99 Å². The monoisotopic (exact) mass is 380 g/mol.